The smallest absolute Gasteiger partial charge is 0.338 e. The van der Waals surface area contributed by atoms with Crippen LogP contribution < -0.4 is 5.32 Å². The molecule has 0 aliphatic carbocycles. The molecule has 0 aromatic heterocycles. The van der Waals surface area contributed by atoms with Gasteiger partial charge in [0.2, 0.25) is 5.82 Å². The van der Waals surface area contributed by atoms with E-state index in [2.05, 4.69) is 5.32 Å². The average Bonchev–Trinajstić information content (AvgIpc) is 2.60. The van der Waals surface area contributed by atoms with Crippen LogP contribution in [0.15, 0.2) is 24.3 Å². The number of hydrogen-bond donors (Lipinski definition) is 3. The van der Waals surface area contributed by atoms with Gasteiger partial charge in [-0.05, 0) is 0 Å². The first-order valence-corrected chi connectivity index (χ1v) is 7.16. The Morgan fingerprint density at radius 3 is 1.62 bits per heavy atom. The summed E-state index contributed by atoms with van der Waals surface area (Å²) in [5.41, 5.74) is -3.26. The molecule has 0 fully saturated rings. The van der Waals surface area contributed by atoms with Crippen molar-refractivity contribution in [1.82, 2.24) is 0 Å². The molecule has 154 valence electrons. The minimum atomic E-state index is -1.69. The van der Waals surface area contributed by atoms with Crippen molar-refractivity contribution in [2.24, 2.45) is 0 Å². The van der Waals surface area contributed by atoms with Gasteiger partial charge in [0, 0.05) is 31.3 Å². The van der Waals surface area contributed by atoms with Crippen molar-refractivity contribution in [1.29, 1.82) is 0 Å². The highest BCUT2D eigenvalue weighted by Gasteiger charge is 2.22. The highest BCUT2D eigenvalue weighted by atomic mass is 19.1. The highest BCUT2D eigenvalue weighted by Crippen LogP contribution is 2.27. The predicted octanol–water partition coefficient (Wildman–Crippen LogP) is 3.05. The van der Waals surface area contributed by atoms with Gasteiger partial charge in [-0.2, -0.15) is 4.39 Å². The summed E-state index contributed by atoms with van der Waals surface area (Å²) in [4.78, 5) is 39.6. The fourth-order valence-corrected chi connectivity index (χ4v) is 1.92. The molecule has 0 saturated carbocycles. The Balaban J connectivity index is 0.000000291. The number of carboxylic acids is 2. The average molecular weight is 417 g/mol. The molecule has 0 atom stereocenters. The highest BCUT2D eigenvalue weighted by molar-refractivity contribution is 5.90. The van der Waals surface area contributed by atoms with Crippen LogP contribution in [0.3, 0.4) is 0 Å². The van der Waals surface area contributed by atoms with Crippen LogP contribution in [-0.4, -0.2) is 39.0 Å². The number of anilines is 1. The van der Waals surface area contributed by atoms with Gasteiger partial charge in [-0.1, -0.05) is 0 Å². The first-order valence-electron chi connectivity index (χ1n) is 7.16. The van der Waals surface area contributed by atoms with Gasteiger partial charge in [0.1, 0.15) is 28.4 Å². The van der Waals surface area contributed by atoms with Crippen LogP contribution in [0.2, 0.25) is 0 Å². The summed E-state index contributed by atoms with van der Waals surface area (Å²) in [6.07, 6.45) is 0. The third-order valence-corrected chi connectivity index (χ3v) is 3.25. The van der Waals surface area contributed by atoms with E-state index >= 15 is 0 Å². The number of nitrogens with zero attached hydrogens (tertiary/aromatic N) is 2. The third kappa shape index (κ3) is 5.38. The molecule has 29 heavy (non-hydrogen) atoms. The summed E-state index contributed by atoms with van der Waals surface area (Å²) in [5.74, 6) is -7.00. The number of halogens is 3. The van der Waals surface area contributed by atoms with Crippen LogP contribution in [0.4, 0.5) is 30.2 Å². The molecule has 14 heteroatoms. The van der Waals surface area contributed by atoms with Crippen LogP contribution >= 0.6 is 0 Å². The standard InChI is InChI=1S/C8H7FN2O4.C7H3F2NO4/c1-10-6-3-5(9)4(8(12)13)2-7(6)11(14)15;8-4-2-5(9)6(10(13)14)1-3(4)7(11)12/h2-3,10H,1H3,(H,12,13);1-2H,(H,11,12). The topological polar surface area (TPSA) is 173 Å². The van der Waals surface area contributed by atoms with Crippen molar-refractivity contribution in [3.63, 3.8) is 0 Å². The molecule has 0 unspecified atom stereocenters. The number of benzene rings is 2. The van der Waals surface area contributed by atoms with Crippen molar-refractivity contribution < 1.29 is 42.8 Å². The van der Waals surface area contributed by atoms with Crippen LogP contribution in [0, 0.1) is 37.7 Å². The van der Waals surface area contributed by atoms with E-state index in [9.17, 15) is 43.0 Å². The van der Waals surface area contributed by atoms with Gasteiger partial charge >= 0.3 is 17.6 Å². The molecule has 0 radical (unpaired) electrons. The van der Waals surface area contributed by atoms with Crippen molar-refractivity contribution in [2.45, 2.75) is 0 Å². The number of carbonyl (C=O) groups is 2. The summed E-state index contributed by atoms with van der Waals surface area (Å²) in [5, 5.41) is 40.0. The van der Waals surface area contributed by atoms with Gasteiger partial charge in [0.25, 0.3) is 5.69 Å². The molecular weight excluding hydrogens is 407 g/mol. The van der Waals surface area contributed by atoms with Crippen LogP contribution in [0.5, 0.6) is 0 Å². The number of aromatic carboxylic acids is 2. The lowest BCUT2D eigenvalue weighted by molar-refractivity contribution is -0.387. The summed E-state index contributed by atoms with van der Waals surface area (Å²) in [6, 6.07) is 1.97. The zero-order valence-corrected chi connectivity index (χ0v) is 14.2. The zero-order chi connectivity index (χ0) is 22.5. The summed E-state index contributed by atoms with van der Waals surface area (Å²) >= 11 is 0. The number of carboxylic acid groups (broad SMARTS) is 2. The summed E-state index contributed by atoms with van der Waals surface area (Å²) in [6.45, 7) is 0. The normalized spacial score (nSPS) is 9.79. The van der Waals surface area contributed by atoms with E-state index in [1.807, 2.05) is 0 Å². The van der Waals surface area contributed by atoms with E-state index in [0.717, 1.165) is 6.07 Å². The van der Waals surface area contributed by atoms with E-state index in [1.54, 1.807) is 0 Å². The van der Waals surface area contributed by atoms with Gasteiger partial charge in [-0.15, -0.1) is 0 Å². The molecule has 2 rings (SSSR count). The summed E-state index contributed by atoms with van der Waals surface area (Å²) < 4.78 is 38.5. The molecule has 0 bridgehead atoms. The number of nitro benzene ring substituents is 2. The maximum atomic E-state index is 13.1. The third-order valence-electron chi connectivity index (χ3n) is 3.25. The van der Waals surface area contributed by atoms with Crippen molar-refractivity contribution in [3.8, 4) is 0 Å². The Bertz CT molecular complexity index is 978. The van der Waals surface area contributed by atoms with E-state index in [0.29, 0.717) is 12.1 Å². The van der Waals surface area contributed by atoms with Gasteiger partial charge < -0.3 is 15.5 Å². The number of rotatable bonds is 5. The van der Waals surface area contributed by atoms with Crippen LogP contribution in [-0.2, 0) is 0 Å². The predicted molar refractivity (Wildman–Crippen MR) is 89.5 cm³/mol. The Kier molecular flexibility index (Phi) is 7.17. The fraction of sp³-hybridized carbons (Fsp3) is 0.0667. The quantitative estimate of drug-likeness (QED) is 0.488. The van der Waals surface area contributed by atoms with Crippen molar-refractivity contribution >= 4 is 29.0 Å². The monoisotopic (exact) mass is 417 g/mol. The maximum absolute atomic E-state index is 13.1. The second kappa shape index (κ2) is 9.12. The number of hydrogen-bond acceptors (Lipinski definition) is 7. The van der Waals surface area contributed by atoms with E-state index < -0.39 is 61.7 Å². The fourth-order valence-electron chi connectivity index (χ4n) is 1.92. The minimum absolute atomic E-state index is 0.0671. The Hall–Kier alpha value is -4.23. The Labute approximate surface area is 158 Å². The molecule has 2 aromatic rings. The molecule has 0 saturated heterocycles. The molecule has 0 aliphatic rings. The van der Waals surface area contributed by atoms with Gasteiger partial charge in [-0.25, -0.2) is 18.4 Å². The lowest BCUT2D eigenvalue weighted by atomic mass is 10.1. The molecule has 0 spiro atoms. The van der Waals surface area contributed by atoms with Crippen LogP contribution in [0.25, 0.3) is 0 Å². The molecule has 0 heterocycles. The van der Waals surface area contributed by atoms with E-state index in [1.165, 1.54) is 7.05 Å². The second-order valence-electron chi connectivity index (χ2n) is 5.01. The van der Waals surface area contributed by atoms with Gasteiger partial charge in [0.15, 0.2) is 0 Å². The SMILES string of the molecule is CNc1cc(F)c(C(=O)O)cc1[N+](=O)[O-].O=C(O)c1cc([N+](=O)[O-])c(F)cc1F. The first-order chi connectivity index (χ1) is 13.4. The Morgan fingerprint density at radius 1 is 0.828 bits per heavy atom. The molecule has 0 amide bonds. The van der Waals surface area contributed by atoms with Crippen LogP contribution in [0.1, 0.15) is 20.7 Å². The molecular formula is C15H10F3N3O8. The first kappa shape index (κ1) is 22.8. The lowest BCUT2D eigenvalue weighted by Gasteiger charge is -2.03. The lowest BCUT2D eigenvalue weighted by Crippen LogP contribution is -2.05. The second-order valence-corrected chi connectivity index (χ2v) is 5.01. The molecule has 2 aromatic carbocycles. The van der Waals surface area contributed by atoms with E-state index in [4.69, 9.17) is 10.2 Å². The molecule has 11 nitrogen and oxygen atoms in total. The zero-order valence-electron chi connectivity index (χ0n) is 14.2. The molecule has 0 aliphatic heterocycles. The maximum Gasteiger partial charge on any atom is 0.338 e. The number of nitrogens with one attached hydrogen (secondary N) is 1. The minimum Gasteiger partial charge on any atom is -0.478 e. The Morgan fingerprint density at radius 2 is 1.24 bits per heavy atom. The van der Waals surface area contributed by atoms with Crippen molar-refractivity contribution in [2.75, 3.05) is 12.4 Å². The van der Waals surface area contributed by atoms with E-state index in [-0.39, 0.29) is 11.8 Å². The summed E-state index contributed by atoms with van der Waals surface area (Å²) in [7, 11) is 1.38. The van der Waals surface area contributed by atoms with Gasteiger partial charge in [0.05, 0.1) is 9.85 Å². The largest absolute Gasteiger partial charge is 0.478 e. The molecule has 3 N–H and O–H groups in total. The van der Waals surface area contributed by atoms with Gasteiger partial charge in [-0.3, -0.25) is 20.2 Å². The van der Waals surface area contributed by atoms with Crippen molar-refractivity contribution in [3.05, 3.63) is 73.1 Å². The number of nitro groups is 2.